The predicted molar refractivity (Wildman–Crippen MR) is 101 cm³/mol. The van der Waals surface area contributed by atoms with E-state index in [0.29, 0.717) is 10.8 Å². The summed E-state index contributed by atoms with van der Waals surface area (Å²) in [5.74, 6) is 0.432. The summed E-state index contributed by atoms with van der Waals surface area (Å²) < 4.78 is 5.22. The van der Waals surface area contributed by atoms with Gasteiger partial charge in [0.05, 0.1) is 12.1 Å². The van der Waals surface area contributed by atoms with Gasteiger partial charge in [-0.05, 0) is 30.5 Å². The van der Waals surface area contributed by atoms with Gasteiger partial charge in [-0.2, -0.15) is 0 Å². The molecule has 0 bridgehead atoms. The molecular formula is C16H25Cl3N2O2. The minimum atomic E-state index is 0. The second-order valence-corrected chi connectivity index (χ2v) is 5.63. The van der Waals surface area contributed by atoms with Crippen LogP contribution in [0.25, 0.3) is 0 Å². The number of nitrogens with zero attached hydrogens (tertiary/aromatic N) is 1. The van der Waals surface area contributed by atoms with Crippen LogP contribution in [0.3, 0.4) is 0 Å². The number of phenolic OH excluding ortho intramolecular Hbond substituents is 1. The molecule has 0 aromatic heterocycles. The lowest BCUT2D eigenvalue weighted by Gasteiger charge is -2.35. The Hall–Kier alpha value is -0.650. The van der Waals surface area contributed by atoms with Crippen LogP contribution in [0.2, 0.25) is 5.02 Å². The van der Waals surface area contributed by atoms with Crippen molar-refractivity contribution >= 4 is 36.4 Å². The standard InChI is InChI=1S/C16H23ClN2O2.2ClH/c1-3-4-5-14(19-8-6-18-7-9-19)12-10-13(17)16(20)15(11-12)21-2;;/h3,10-11,14,18,20H,1,4-9H2,2H3;2*1H/t14-;;/m1../s1. The lowest BCUT2D eigenvalue weighted by molar-refractivity contribution is 0.166. The maximum absolute atomic E-state index is 9.89. The zero-order chi connectivity index (χ0) is 15.2. The van der Waals surface area contributed by atoms with E-state index in [1.54, 1.807) is 7.11 Å². The van der Waals surface area contributed by atoms with Gasteiger partial charge in [-0.3, -0.25) is 4.90 Å². The van der Waals surface area contributed by atoms with Gasteiger partial charge >= 0.3 is 0 Å². The smallest absolute Gasteiger partial charge is 0.176 e. The van der Waals surface area contributed by atoms with Crippen LogP contribution in [0, 0.1) is 0 Å². The number of benzene rings is 1. The van der Waals surface area contributed by atoms with E-state index in [2.05, 4.69) is 16.8 Å². The number of nitrogens with one attached hydrogen (secondary N) is 1. The number of halogens is 3. The van der Waals surface area contributed by atoms with E-state index in [-0.39, 0.29) is 36.6 Å². The first-order valence-corrected chi connectivity index (χ1v) is 7.67. The van der Waals surface area contributed by atoms with E-state index >= 15 is 0 Å². The molecule has 1 aromatic rings. The van der Waals surface area contributed by atoms with Crippen LogP contribution in [-0.4, -0.2) is 43.3 Å². The third-order valence-electron chi connectivity index (χ3n) is 3.89. The number of piperazine rings is 1. The summed E-state index contributed by atoms with van der Waals surface area (Å²) in [6, 6.07) is 3.99. The first kappa shape index (κ1) is 22.4. The maximum Gasteiger partial charge on any atom is 0.176 e. The van der Waals surface area contributed by atoms with E-state index in [1.807, 2.05) is 18.2 Å². The van der Waals surface area contributed by atoms with E-state index in [1.165, 1.54) is 0 Å². The summed E-state index contributed by atoms with van der Waals surface area (Å²) in [5, 5.41) is 13.6. The number of aromatic hydroxyl groups is 1. The Kier molecular flexibility index (Phi) is 10.7. The van der Waals surface area contributed by atoms with Crippen LogP contribution in [0.1, 0.15) is 24.4 Å². The molecule has 0 amide bonds. The minimum absolute atomic E-state index is 0. The van der Waals surface area contributed by atoms with E-state index < -0.39 is 0 Å². The summed E-state index contributed by atoms with van der Waals surface area (Å²) in [7, 11) is 1.54. The monoisotopic (exact) mass is 382 g/mol. The molecule has 0 aliphatic carbocycles. The Morgan fingerprint density at radius 3 is 2.61 bits per heavy atom. The van der Waals surface area contributed by atoms with Gasteiger partial charge in [-0.1, -0.05) is 17.7 Å². The van der Waals surface area contributed by atoms with Gasteiger partial charge in [0.25, 0.3) is 0 Å². The molecule has 1 aliphatic heterocycles. The first-order chi connectivity index (χ1) is 10.2. The Morgan fingerprint density at radius 2 is 2.04 bits per heavy atom. The quantitative estimate of drug-likeness (QED) is 0.733. The van der Waals surface area contributed by atoms with Gasteiger partial charge in [0.2, 0.25) is 0 Å². The molecule has 1 saturated heterocycles. The molecule has 1 aromatic carbocycles. The fourth-order valence-electron chi connectivity index (χ4n) is 2.77. The van der Waals surface area contributed by atoms with Crippen LogP contribution in [0.4, 0.5) is 0 Å². The van der Waals surface area contributed by atoms with Crippen molar-refractivity contribution in [1.82, 2.24) is 10.2 Å². The molecule has 132 valence electrons. The SMILES string of the molecule is C=CCC[C@H](c1cc(Cl)c(O)c(OC)c1)N1CCNCC1.Cl.Cl. The van der Waals surface area contributed by atoms with Crippen molar-refractivity contribution in [2.24, 2.45) is 0 Å². The van der Waals surface area contributed by atoms with Gasteiger partial charge in [-0.25, -0.2) is 0 Å². The van der Waals surface area contributed by atoms with Crippen molar-refractivity contribution in [2.75, 3.05) is 33.3 Å². The van der Waals surface area contributed by atoms with Crippen LogP contribution < -0.4 is 10.1 Å². The zero-order valence-corrected chi connectivity index (χ0v) is 15.6. The molecule has 0 spiro atoms. The number of methoxy groups -OCH3 is 1. The Morgan fingerprint density at radius 1 is 1.39 bits per heavy atom. The Balaban J connectivity index is 0.00000242. The highest BCUT2D eigenvalue weighted by molar-refractivity contribution is 6.32. The normalized spacial score (nSPS) is 15.9. The second-order valence-electron chi connectivity index (χ2n) is 5.22. The Labute approximate surface area is 155 Å². The molecule has 4 nitrogen and oxygen atoms in total. The first-order valence-electron chi connectivity index (χ1n) is 7.29. The van der Waals surface area contributed by atoms with Crippen molar-refractivity contribution in [3.63, 3.8) is 0 Å². The lowest BCUT2D eigenvalue weighted by atomic mass is 9.99. The molecule has 23 heavy (non-hydrogen) atoms. The zero-order valence-electron chi connectivity index (χ0n) is 13.3. The maximum atomic E-state index is 9.89. The minimum Gasteiger partial charge on any atom is -0.503 e. The van der Waals surface area contributed by atoms with E-state index in [0.717, 1.165) is 44.6 Å². The highest BCUT2D eigenvalue weighted by atomic mass is 35.5. The molecule has 2 N–H and O–H groups in total. The van der Waals surface area contributed by atoms with E-state index in [4.69, 9.17) is 16.3 Å². The summed E-state index contributed by atoms with van der Waals surface area (Å²) in [6.07, 6.45) is 3.86. The van der Waals surface area contributed by atoms with Gasteiger partial charge in [0.1, 0.15) is 0 Å². The van der Waals surface area contributed by atoms with Crippen molar-refractivity contribution in [3.8, 4) is 11.5 Å². The van der Waals surface area contributed by atoms with E-state index in [9.17, 15) is 5.11 Å². The van der Waals surface area contributed by atoms with Gasteiger partial charge < -0.3 is 15.2 Å². The topological polar surface area (TPSA) is 44.7 Å². The molecule has 1 heterocycles. The predicted octanol–water partition coefficient (Wildman–Crippen LogP) is 3.81. The second kappa shape index (κ2) is 11.0. The van der Waals surface area contributed by atoms with Crippen molar-refractivity contribution in [1.29, 1.82) is 0 Å². The Bertz CT molecular complexity index is 494. The van der Waals surface area contributed by atoms with Gasteiger partial charge in [0.15, 0.2) is 11.5 Å². The number of phenols is 1. The van der Waals surface area contributed by atoms with Crippen LogP contribution in [0.5, 0.6) is 11.5 Å². The van der Waals surface area contributed by atoms with Gasteiger partial charge in [-0.15, -0.1) is 31.4 Å². The van der Waals surface area contributed by atoms with Crippen LogP contribution in [0.15, 0.2) is 24.8 Å². The molecule has 0 unspecified atom stereocenters. The number of ether oxygens (including phenoxy) is 1. The van der Waals surface area contributed by atoms with Gasteiger partial charge in [0, 0.05) is 32.2 Å². The summed E-state index contributed by atoms with van der Waals surface area (Å²) in [4.78, 5) is 2.45. The average Bonchev–Trinajstić information content (AvgIpc) is 2.52. The van der Waals surface area contributed by atoms with Crippen molar-refractivity contribution in [3.05, 3.63) is 35.4 Å². The number of hydrogen-bond donors (Lipinski definition) is 2. The number of hydrogen-bond acceptors (Lipinski definition) is 4. The highest BCUT2D eigenvalue weighted by Gasteiger charge is 2.23. The largest absolute Gasteiger partial charge is 0.503 e. The highest BCUT2D eigenvalue weighted by Crippen LogP contribution is 2.39. The lowest BCUT2D eigenvalue weighted by Crippen LogP contribution is -2.45. The van der Waals surface area contributed by atoms with Crippen LogP contribution >= 0.6 is 36.4 Å². The third-order valence-corrected chi connectivity index (χ3v) is 4.18. The summed E-state index contributed by atoms with van der Waals surface area (Å²) >= 11 is 6.13. The van der Waals surface area contributed by atoms with Crippen molar-refractivity contribution in [2.45, 2.75) is 18.9 Å². The van der Waals surface area contributed by atoms with Crippen LogP contribution in [-0.2, 0) is 0 Å². The molecule has 1 fully saturated rings. The molecule has 0 saturated carbocycles. The number of rotatable bonds is 6. The number of allylic oxidation sites excluding steroid dienone is 1. The molecular weight excluding hydrogens is 359 g/mol. The fraction of sp³-hybridized carbons (Fsp3) is 0.500. The fourth-order valence-corrected chi connectivity index (χ4v) is 2.99. The molecule has 1 atom stereocenters. The molecule has 0 radical (unpaired) electrons. The van der Waals surface area contributed by atoms with Crippen molar-refractivity contribution < 1.29 is 9.84 Å². The average molecular weight is 384 g/mol. The summed E-state index contributed by atoms with van der Waals surface area (Å²) in [6.45, 7) is 7.81. The third kappa shape index (κ3) is 5.73. The molecule has 7 heteroatoms. The molecule has 1 aliphatic rings. The summed E-state index contributed by atoms with van der Waals surface area (Å²) in [5.41, 5.74) is 1.08. The molecule has 2 rings (SSSR count).